The predicted octanol–water partition coefficient (Wildman–Crippen LogP) is 3.19. The molecule has 118 valence electrons. The molecule has 1 atom stereocenters. The van der Waals surface area contributed by atoms with Gasteiger partial charge in [0.05, 0.1) is 12.5 Å². The average molecular weight is 312 g/mol. The average Bonchev–Trinajstić information content (AvgIpc) is 2.57. The van der Waals surface area contributed by atoms with Crippen LogP contribution in [0.25, 0.3) is 21.7 Å². The van der Waals surface area contributed by atoms with E-state index in [1.807, 2.05) is 18.2 Å². The van der Waals surface area contributed by atoms with E-state index in [2.05, 4.69) is 4.74 Å². The Hall–Kier alpha value is -2.82. The Kier molecular flexibility index (Phi) is 3.78. The van der Waals surface area contributed by atoms with Crippen molar-refractivity contribution in [2.45, 2.75) is 20.0 Å². The molecule has 0 fully saturated rings. The van der Waals surface area contributed by atoms with Gasteiger partial charge in [-0.15, -0.1) is 0 Å². The Morgan fingerprint density at radius 2 is 1.78 bits per heavy atom. The third kappa shape index (κ3) is 2.54. The first kappa shape index (κ1) is 15.1. The number of esters is 1. The van der Waals surface area contributed by atoms with Gasteiger partial charge < -0.3 is 13.9 Å². The number of hydrogen-bond donors (Lipinski definition) is 0. The lowest BCUT2D eigenvalue weighted by Crippen LogP contribution is -2.25. The van der Waals surface area contributed by atoms with E-state index in [1.54, 1.807) is 32.0 Å². The minimum atomic E-state index is -0.747. The monoisotopic (exact) mass is 312 g/mol. The molecule has 0 radical (unpaired) electrons. The van der Waals surface area contributed by atoms with Gasteiger partial charge in [0, 0.05) is 10.9 Å². The van der Waals surface area contributed by atoms with E-state index in [9.17, 15) is 9.59 Å². The van der Waals surface area contributed by atoms with Crippen LogP contribution < -0.4 is 10.4 Å². The van der Waals surface area contributed by atoms with Gasteiger partial charge in [0.25, 0.3) is 0 Å². The van der Waals surface area contributed by atoms with Gasteiger partial charge in [-0.05, 0) is 37.4 Å². The first-order chi connectivity index (χ1) is 11.0. The summed E-state index contributed by atoms with van der Waals surface area (Å²) < 4.78 is 15.7. The van der Waals surface area contributed by atoms with Crippen LogP contribution in [-0.2, 0) is 9.53 Å². The van der Waals surface area contributed by atoms with Crippen molar-refractivity contribution in [2.24, 2.45) is 0 Å². The summed E-state index contributed by atoms with van der Waals surface area (Å²) in [6.07, 6.45) is -0.747. The zero-order valence-corrected chi connectivity index (χ0v) is 13.1. The lowest BCUT2D eigenvalue weighted by molar-refractivity contribution is -0.147. The van der Waals surface area contributed by atoms with Gasteiger partial charge in [-0.2, -0.15) is 0 Å². The molecule has 2 aromatic carbocycles. The highest BCUT2D eigenvalue weighted by Gasteiger charge is 2.18. The minimum absolute atomic E-state index is 0.394. The molecule has 1 aromatic heterocycles. The van der Waals surface area contributed by atoms with Crippen molar-refractivity contribution in [3.63, 3.8) is 0 Å². The van der Waals surface area contributed by atoms with Crippen LogP contribution >= 0.6 is 0 Å². The molecule has 1 heterocycles. The van der Waals surface area contributed by atoms with Crippen LogP contribution in [-0.4, -0.2) is 19.2 Å². The second-order valence-corrected chi connectivity index (χ2v) is 5.28. The van der Waals surface area contributed by atoms with Crippen molar-refractivity contribution in [1.82, 2.24) is 0 Å². The number of hydrogen-bond acceptors (Lipinski definition) is 5. The van der Waals surface area contributed by atoms with Crippen molar-refractivity contribution < 1.29 is 18.7 Å². The Labute approximate surface area is 132 Å². The summed E-state index contributed by atoms with van der Waals surface area (Å²) in [5.41, 5.74) is 0.735. The van der Waals surface area contributed by atoms with Gasteiger partial charge in [0.1, 0.15) is 11.3 Å². The standard InChI is InChI=1S/C18H16O5/c1-10-15(22-11(2)17(19)21-3)9-8-13-12-6-4-5-7-14(12)18(20)23-16(10)13/h4-9,11H,1-3H3. The van der Waals surface area contributed by atoms with Gasteiger partial charge in [0.15, 0.2) is 6.10 Å². The zero-order chi connectivity index (χ0) is 16.6. The first-order valence-electron chi connectivity index (χ1n) is 7.22. The van der Waals surface area contributed by atoms with E-state index in [0.29, 0.717) is 22.3 Å². The molecule has 0 spiro atoms. The molecule has 0 aliphatic rings. The van der Waals surface area contributed by atoms with Crippen LogP contribution in [0.4, 0.5) is 0 Å². The number of carbonyl (C=O) groups is 1. The Morgan fingerprint density at radius 1 is 1.09 bits per heavy atom. The van der Waals surface area contributed by atoms with Crippen LogP contribution in [0, 0.1) is 6.92 Å². The predicted molar refractivity (Wildman–Crippen MR) is 86.8 cm³/mol. The second-order valence-electron chi connectivity index (χ2n) is 5.28. The maximum Gasteiger partial charge on any atom is 0.346 e. The molecule has 1 unspecified atom stereocenters. The fourth-order valence-electron chi connectivity index (χ4n) is 2.59. The molecule has 3 rings (SSSR count). The van der Waals surface area contributed by atoms with Crippen LogP contribution in [0.1, 0.15) is 12.5 Å². The molecule has 0 saturated carbocycles. The van der Waals surface area contributed by atoms with Crippen molar-refractivity contribution in [3.05, 3.63) is 52.4 Å². The summed E-state index contributed by atoms with van der Waals surface area (Å²) in [5, 5.41) is 2.20. The molecule has 0 aliphatic heterocycles. The quantitative estimate of drug-likeness (QED) is 0.422. The lowest BCUT2D eigenvalue weighted by Gasteiger charge is -2.15. The summed E-state index contributed by atoms with van der Waals surface area (Å²) in [6, 6.07) is 10.9. The highest BCUT2D eigenvalue weighted by molar-refractivity contribution is 6.05. The third-order valence-electron chi connectivity index (χ3n) is 3.82. The van der Waals surface area contributed by atoms with Crippen LogP contribution in [0.5, 0.6) is 5.75 Å². The minimum Gasteiger partial charge on any atom is -0.479 e. The van der Waals surface area contributed by atoms with Gasteiger partial charge in [-0.25, -0.2) is 9.59 Å². The van der Waals surface area contributed by atoms with Crippen molar-refractivity contribution in [3.8, 4) is 5.75 Å². The van der Waals surface area contributed by atoms with E-state index in [4.69, 9.17) is 9.15 Å². The molecular weight excluding hydrogens is 296 g/mol. The number of aryl methyl sites for hydroxylation is 1. The van der Waals surface area contributed by atoms with Crippen LogP contribution in [0.15, 0.2) is 45.6 Å². The lowest BCUT2D eigenvalue weighted by atomic mass is 10.0. The van der Waals surface area contributed by atoms with Crippen molar-refractivity contribution in [2.75, 3.05) is 7.11 Å². The smallest absolute Gasteiger partial charge is 0.346 e. The SMILES string of the molecule is COC(=O)C(C)Oc1ccc2c(oc(=O)c3ccccc32)c1C. The maximum atomic E-state index is 12.2. The van der Waals surface area contributed by atoms with Gasteiger partial charge in [-0.1, -0.05) is 18.2 Å². The number of ether oxygens (including phenoxy) is 2. The summed E-state index contributed by atoms with van der Waals surface area (Å²) in [7, 11) is 1.31. The Bertz CT molecular complexity index is 955. The Morgan fingerprint density at radius 3 is 2.48 bits per heavy atom. The summed E-state index contributed by atoms with van der Waals surface area (Å²) in [5.74, 6) is 0.0123. The molecule has 0 aliphatic carbocycles. The first-order valence-corrected chi connectivity index (χ1v) is 7.22. The normalized spacial score (nSPS) is 12.3. The van der Waals surface area contributed by atoms with E-state index in [-0.39, 0.29) is 0 Å². The fourth-order valence-corrected chi connectivity index (χ4v) is 2.59. The molecule has 23 heavy (non-hydrogen) atoms. The molecule has 0 bridgehead atoms. The number of rotatable bonds is 3. The molecule has 5 heteroatoms. The van der Waals surface area contributed by atoms with Gasteiger partial charge in [0.2, 0.25) is 0 Å². The molecule has 5 nitrogen and oxygen atoms in total. The summed E-state index contributed by atoms with van der Waals surface area (Å²) in [4.78, 5) is 23.7. The van der Waals surface area contributed by atoms with E-state index >= 15 is 0 Å². The highest BCUT2D eigenvalue weighted by Crippen LogP contribution is 2.31. The summed E-state index contributed by atoms with van der Waals surface area (Å²) >= 11 is 0. The fraction of sp³-hybridized carbons (Fsp3) is 0.222. The van der Waals surface area contributed by atoms with E-state index in [0.717, 1.165) is 10.8 Å². The van der Waals surface area contributed by atoms with Crippen molar-refractivity contribution in [1.29, 1.82) is 0 Å². The van der Waals surface area contributed by atoms with Gasteiger partial charge >= 0.3 is 11.6 Å². The molecule has 0 saturated heterocycles. The molecular formula is C18H16O5. The highest BCUT2D eigenvalue weighted by atomic mass is 16.6. The third-order valence-corrected chi connectivity index (χ3v) is 3.82. The number of fused-ring (bicyclic) bond motifs is 3. The zero-order valence-electron chi connectivity index (χ0n) is 13.1. The van der Waals surface area contributed by atoms with E-state index < -0.39 is 17.7 Å². The molecule has 3 aromatic rings. The summed E-state index contributed by atoms with van der Waals surface area (Å²) in [6.45, 7) is 3.39. The largest absolute Gasteiger partial charge is 0.479 e. The van der Waals surface area contributed by atoms with E-state index in [1.165, 1.54) is 7.11 Å². The Balaban J connectivity index is 2.18. The van der Waals surface area contributed by atoms with Gasteiger partial charge in [-0.3, -0.25) is 0 Å². The van der Waals surface area contributed by atoms with Crippen molar-refractivity contribution >= 4 is 27.7 Å². The number of benzene rings is 2. The number of methoxy groups -OCH3 is 1. The topological polar surface area (TPSA) is 65.7 Å². The molecule has 0 N–H and O–H groups in total. The number of carbonyl (C=O) groups excluding carboxylic acids is 1. The maximum absolute atomic E-state index is 12.2. The second kappa shape index (κ2) is 5.76. The van der Waals surface area contributed by atoms with Crippen LogP contribution in [0.2, 0.25) is 0 Å². The van der Waals surface area contributed by atoms with Crippen LogP contribution in [0.3, 0.4) is 0 Å². The molecule has 0 amide bonds.